The molecule has 0 unspecified atom stereocenters. The van der Waals surface area contributed by atoms with Gasteiger partial charge < -0.3 is 5.32 Å². The van der Waals surface area contributed by atoms with Crippen LogP contribution in [0.3, 0.4) is 0 Å². The molecule has 1 aromatic carbocycles. The highest BCUT2D eigenvalue weighted by atomic mass is 35.5. The van der Waals surface area contributed by atoms with E-state index in [0.29, 0.717) is 28.7 Å². The highest BCUT2D eigenvalue weighted by Gasteiger charge is 2.30. The second-order valence-corrected chi connectivity index (χ2v) is 10.8. The van der Waals surface area contributed by atoms with Crippen molar-refractivity contribution in [1.82, 2.24) is 9.62 Å². The summed E-state index contributed by atoms with van der Waals surface area (Å²) in [6.07, 6.45) is 13.9. The highest BCUT2D eigenvalue weighted by Crippen LogP contribution is 2.19. The summed E-state index contributed by atoms with van der Waals surface area (Å²) in [5, 5.41) is 2.96. The largest absolute Gasteiger partial charge is 0.337 e. The Morgan fingerprint density at radius 3 is 1.85 bits per heavy atom. The van der Waals surface area contributed by atoms with Crippen molar-refractivity contribution in [3.8, 4) is 0 Å². The number of amides is 2. The van der Waals surface area contributed by atoms with Crippen LogP contribution in [0.15, 0.2) is 29.2 Å². The van der Waals surface area contributed by atoms with Crippen LogP contribution in [0.4, 0.5) is 4.79 Å². The molecule has 1 N–H and O–H groups in total. The van der Waals surface area contributed by atoms with E-state index in [1.807, 2.05) is 6.92 Å². The van der Waals surface area contributed by atoms with Crippen molar-refractivity contribution in [3.63, 3.8) is 0 Å². The fourth-order valence-corrected chi connectivity index (χ4v) is 5.00. The van der Waals surface area contributed by atoms with Crippen molar-refractivity contribution in [2.75, 3.05) is 13.1 Å². The molecule has 0 aliphatic carbocycles. The van der Waals surface area contributed by atoms with Crippen molar-refractivity contribution in [1.29, 1.82) is 0 Å². The number of benzene rings is 1. The molecule has 0 saturated heterocycles. The number of carbonyl (C=O) groups is 2. The van der Waals surface area contributed by atoms with Gasteiger partial charge in [-0.2, -0.15) is 0 Å². The normalized spacial score (nSPS) is 11.4. The maximum atomic E-state index is 13.0. The first-order valence-electron chi connectivity index (χ1n) is 12.4. The summed E-state index contributed by atoms with van der Waals surface area (Å²) in [6, 6.07) is 4.80. The number of hydrogen-bond acceptors (Lipinski definition) is 4. The van der Waals surface area contributed by atoms with Crippen LogP contribution in [0, 0.1) is 0 Å². The van der Waals surface area contributed by atoms with Gasteiger partial charge in [-0.15, -0.1) is 0 Å². The predicted octanol–water partition coefficient (Wildman–Crippen LogP) is 6.72. The molecule has 1 aromatic rings. The smallest absolute Gasteiger partial charge is 0.331 e. The Labute approximate surface area is 205 Å². The van der Waals surface area contributed by atoms with E-state index >= 15 is 0 Å². The molecule has 8 heteroatoms. The number of halogens is 1. The molecular formula is C25H41ClN2O4S. The zero-order valence-electron chi connectivity index (χ0n) is 20.3. The van der Waals surface area contributed by atoms with Gasteiger partial charge in [0.25, 0.3) is 10.0 Å². The summed E-state index contributed by atoms with van der Waals surface area (Å²) in [5.74, 6) is -0.255. The van der Waals surface area contributed by atoms with Crippen LogP contribution in [0.25, 0.3) is 0 Å². The fraction of sp³-hybridized carbons (Fsp3) is 0.680. The van der Waals surface area contributed by atoms with Gasteiger partial charge in [0, 0.05) is 18.0 Å². The molecular weight excluding hydrogens is 460 g/mol. The number of urea groups is 1. The van der Waals surface area contributed by atoms with Crippen LogP contribution >= 0.6 is 11.6 Å². The summed E-state index contributed by atoms with van der Waals surface area (Å²) in [4.78, 5) is 25.0. The topological polar surface area (TPSA) is 83.6 Å². The van der Waals surface area contributed by atoms with E-state index in [0.717, 1.165) is 12.8 Å². The lowest BCUT2D eigenvalue weighted by Gasteiger charge is -2.22. The molecule has 0 aromatic heterocycles. The molecule has 33 heavy (non-hydrogen) atoms. The standard InChI is InChI=1S/C25H41ClN2O4S/c1-3-5-6-7-8-9-10-11-12-13-14-15-23(29)21-28(25(30)27-20-4-2)33(31,32)24-18-16-22(26)17-19-24/h16-19H,3-15,20-21H2,1-2H3,(H,27,30). The predicted molar refractivity (Wildman–Crippen MR) is 135 cm³/mol. The molecule has 0 atom stereocenters. The Morgan fingerprint density at radius 1 is 0.818 bits per heavy atom. The molecule has 0 fully saturated rings. The number of nitrogens with zero attached hydrogens (tertiary/aromatic N) is 1. The Morgan fingerprint density at radius 2 is 1.33 bits per heavy atom. The molecule has 0 aliphatic rings. The summed E-state index contributed by atoms with van der Waals surface area (Å²) >= 11 is 5.85. The zero-order chi connectivity index (χ0) is 24.5. The van der Waals surface area contributed by atoms with Gasteiger partial charge in [0.15, 0.2) is 5.78 Å². The Bertz CT molecular complexity index is 797. The molecule has 0 bridgehead atoms. The van der Waals surface area contributed by atoms with Gasteiger partial charge in [0.2, 0.25) is 0 Å². The summed E-state index contributed by atoms with van der Waals surface area (Å²) < 4.78 is 26.7. The number of nitrogens with one attached hydrogen (secondary N) is 1. The van der Waals surface area contributed by atoms with E-state index in [-0.39, 0.29) is 17.1 Å². The molecule has 0 aliphatic heterocycles. The average Bonchev–Trinajstić information content (AvgIpc) is 2.79. The molecule has 1 rings (SSSR count). The van der Waals surface area contributed by atoms with E-state index < -0.39 is 22.6 Å². The van der Waals surface area contributed by atoms with Crippen LogP contribution in [0.2, 0.25) is 5.02 Å². The highest BCUT2D eigenvalue weighted by molar-refractivity contribution is 7.89. The van der Waals surface area contributed by atoms with Crippen LogP contribution in [-0.4, -0.2) is 37.6 Å². The molecule has 0 radical (unpaired) electrons. The van der Waals surface area contributed by atoms with Gasteiger partial charge >= 0.3 is 6.03 Å². The average molecular weight is 501 g/mol. The summed E-state index contributed by atoms with van der Waals surface area (Å²) in [6.45, 7) is 3.97. The van der Waals surface area contributed by atoms with E-state index in [4.69, 9.17) is 11.6 Å². The minimum Gasteiger partial charge on any atom is -0.337 e. The third-order valence-electron chi connectivity index (χ3n) is 5.53. The third-order valence-corrected chi connectivity index (χ3v) is 7.53. The number of unbranched alkanes of at least 4 members (excludes halogenated alkanes) is 10. The monoisotopic (exact) mass is 500 g/mol. The zero-order valence-corrected chi connectivity index (χ0v) is 21.9. The third kappa shape index (κ3) is 11.9. The lowest BCUT2D eigenvalue weighted by atomic mass is 10.0. The van der Waals surface area contributed by atoms with Crippen molar-refractivity contribution in [2.24, 2.45) is 0 Å². The quantitative estimate of drug-likeness (QED) is 0.227. The lowest BCUT2D eigenvalue weighted by molar-refractivity contribution is -0.119. The number of sulfonamides is 1. The van der Waals surface area contributed by atoms with Gasteiger partial charge in [-0.1, -0.05) is 89.7 Å². The van der Waals surface area contributed by atoms with Crippen molar-refractivity contribution >= 4 is 33.4 Å². The summed E-state index contributed by atoms with van der Waals surface area (Å²) in [5.41, 5.74) is 0. The number of carbonyl (C=O) groups excluding carboxylic acids is 2. The molecule has 0 heterocycles. The van der Waals surface area contributed by atoms with Crippen LogP contribution in [0.5, 0.6) is 0 Å². The van der Waals surface area contributed by atoms with Crippen molar-refractivity contribution in [3.05, 3.63) is 29.3 Å². The van der Waals surface area contributed by atoms with Crippen LogP contribution < -0.4 is 5.32 Å². The maximum Gasteiger partial charge on any atom is 0.331 e. The Kier molecular flexibility index (Phi) is 15.1. The first-order valence-corrected chi connectivity index (χ1v) is 14.2. The maximum absolute atomic E-state index is 13.0. The second-order valence-electron chi connectivity index (χ2n) is 8.52. The Balaban J connectivity index is 2.49. The fourth-order valence-electron chi connectivity index (χ4n) is 3.55. The number of hydrogen-bond donors (Lipinski definition) is 1. The first-order chi connectivity index (χ1) is 15.8. The van der Waals surface area contributed by atoms with Crippen LogP contribution in [0.1, 0.15) is 97.3 Å². The molecule has 6 nitrogen and oxygen atoms in total. The number of Topliss-reactive ketones (excluding diaryl/α,β-unsaturated/α-hetero) is 1. The minimum absolute atomic E-state index is 0.0685. The Hall–Kier alpha value is -1.60. The number of rotatable bonds is 18. The van der Waals surface area contributed by atoms with E-state index in [2.05, 4.69) is 12.2 Å². The first kappa shape index (κ1) is 29.4. The SMILES string of the molecule is CCCCCCCCCCCCCC(=O)CN(C(=O)NCCC)S(=O)(=O)c1ccc(Cl)cc1. The second kappa shape index (κ2) is 16.9. The molecule has 0 saturated carbocycles. The van der Waals surface area contributed by atoms with Gasteiger partial charge in [-0.3, -0.25) is 4.79 Å². The van der Waals surface area contributed by atoms with Gasteiger partial charge in [0.05, 0.1) is 11.4 Å². The molecule has 0 spiro atoms. The van der Waals surface area contributed by atoms with E-state index in [1.165, 1.54) is 75.6 Å². The van der Waals surface area contributed by atoms with Gasteiger partial charge in [-0.25, -0.2) is 17.5 Å². The van der Waals surface area contributed by atoms with Crippen molar-refractivity contribution in [2.45, 2.75) is 102 Å². The number of ketones is 1. The van der Waals surface area contributed by atoms with Crippen molar-refractivity contribution < 1.29 is 18.0 Å². The lowest BCUT2D eigenvalue weighted by Crippen LogP contribution is -2.46. The van der Waals surface area contributed by atoms with Gasteiger partial charge in [0.1, 0.15) is 0 Å². The molecule has 188 valence electrons. The van der Waals surface area contributed by atoms with Gasteiger partial charge in [-0.05, 0) is 37.1 Å². The minimum atomic E-state index is -4.15. The van der Waals surface area contributed by atoms with E-state index in [9.17, 15) is 18.0 Å². The van der Waals surface area contributed by atoms with E-state index in [1.54, 1.807) is 0 Å². The summed E-state index contributed by atoms with van der Waals surface area (Å²) in [7, 11) is -4.15. The van der Waals surface area contributed by atoms with Crippen LogP contribution in [-0.2, 0) is 14.8 Å². The molecule has 2 amide bonds.